The Morgan fingerprint density at radius 3 is 2.45 bits per heavy atom. The third-order valence-corrected chi connectivity index (χ3v) is 1.88. The Kier molecular flexibility index (Phi) is 2.63. The van der Waals surface area contributed by atoms with Gasteiger partial charge >= 0.3 is 5.97 Å². The number of hydrogen-bond acceptors (Lipinski definition) is 2. The SMILES string of the molecule is COC(=O)C(F)=C1CCCC1. The van der Waals surface area contributed by atoms with Gasteiger partial charge in [0.15, 0.2) is 0 Å². The molecule has 1 aliphatic carbocycles. The van der Waals surface area contributed by atoms with Crippen molar-refractivity contribution in [2.75, 3.05) is 7.11 Å². The number of halogens is 1. The van der Waals surface area contributed by atoms with Crippen LogP contribution in [0.5, 0.6) is 0 Å². The lowest BCUT2D eigenvalue weighted by atomic mass is 10.2. The summed E-state index contributed by atoms with van der Waals surface area (Å²) in [7, 11) is 1.19. The van der Waals surface area contributed by atoms with Gasteiger partial charge in [-0.25, -0.2) is 4.79 Å². The first kappa shape index (κ1) is 8.24. The van der Waals surface area contributed by atoms with E-state index in [0.717, 1.165) is 12.8 Å². The highest BCUT2D eigenvalue weighted by Crippen LogP contribution is 2.27. The monoisotopic (exact) mass is 158 g/mol. The Labute approximate surface area is 65.0 Å². The predicted octanol–water partition coefficient (Wildman–Crippen LogP) is 1.96. The zero-order valence-corrected chi connectivity index (χ0v) is 6.52. The van der Waals surface area contributed by atoms with Crippen molar-refractivity contribution >= 4 is 5.97 Å². The summed E-state index contributed by atoms with van der Waals surface area (Å²) in [5.74, 6) is -1.51. The van der Waals surface area contributed by atoms with Gasteiger partial charge in [-0.05, 0) is 31.3 Å². The topological polar surface area (TPSA) is 26.3 Å². The molecule has 0 aliphatic heterocycles. The minimum absolute atomic E-state index is 0.622. The number of rotatable bonds is 1. The summed E-state index contributed by atoms with van der Waals surface area (Å²) in [6, 6.07) is 0. The molecule has 11 heavy (non-hydrogen) atoms. The highest BCUT2D eigenvalue weighted by molar-refractivity contribution is 5.86. The van der Waals surface area contributed by atoms with Crippen molar-refractivity contribution in [1.29, 1.82) is 0 Å². The predicted molar refractivity (Wildman–Crippen MR) is 38.6 cm³/mol. The number of hydrogen-bond donors (Lipinski definition) is 0. The Hall–Kier alpha value is -0.860. The first-order valence-corrected chi connectivity index (χ1v) is 3.71. The Morgan fingerprint density at radius 1 is 1.45 bits per heavy atom. The van der Waals surface area contributed by atoms with Gasteiger partial charge in [0.1, 0.15) is 0 Å². The van der Waals surface area contributed by atoms with E-state index >= 15 is 0 Å². The molecule has 1 fully saturated rings. The van der Waals surface area contributed by atoms with Crippen LogP contribution >= 0.6 is 0 Å². The van der Waals surface area contributed by atoms with Crippen molar-refractivity contribution in [3.05, 3.63) is 11.4 Å². The van der Waals surface area contributed by atoms with Crippen molar-refractivity contribution in [3.63, 3.8) is 0 Å². The summed E-state index contributed by atoms with van der Waals surface area (Å²) < 4.78 is 17.2. The van der Waals surface area contributed by atoms with Crippen LogP contribution in [0.4, 0.5) is 4.39 Å². The summed E-state index contributed by atoms with van der Waals surface area (Å²) >= 11 is 0. The molecule has 0 bridgehead atoms. The minimum atomic E-state index is -0.832. The van der Waals surface area contributed by atoms with Crippen LogP contribution in [0.15, 0.2) is 11.4 Å². The molecule has 1 aliphatic rings. The van der Waals surface area contributed by atoms with Crippen LogP contribution in [0.3, 0.4) is 0 Å². The van der Waals surface area contributed by atoms with E-state index in [1.54, 1.807) is 0 Å². The molecule has 0 N–H and O–H groups in total. The van der Waals surface area contributed by atoms with Crippen LogP contribution in [0.1, 0.15) is 25.7 Å². The maximum absolute atomic E-state index is 12.9. The van der Waals surface area contributed by atoms with E-state index in [-0.39, 0.29) is 0 Å². The second kappa shape index (κ2) is 3.51. The van der Waals surface area contributed by atoms with Gasteiger partial charge < -0.3 is 4.74 Å². The van der Waals surface area contributed by atoms with Crippen LogP contribution in [0, 0.1) is 0 Å². The summed E-state index contributed by atoms with van der Waals surface area (Å²) in [6.45, 7) is 0. The number of carbonyl (C=O) groups is 1. The molecule has 0 saturated heterocycles. The van der Waals surface area contributed by atoms with E-state index in [0.29, 0.717) is 18.4 Å². The van der Waals surface area contributed by atoms with Crippen molar-refractivity contribution in [2.45, 2.75) is 25.7 Å². The fourth-order valence-corrected chi connectivity index (χ4v) is 1.26. The fourth-order valence-electron chi connectivity index (χ4n) is 1.26. The number of allylic oxidation sites excluding steroid dienone is 1. The van der Waals surface area contributed by atoms with Crippen LogP contribution in [-0.4, -0.2) is 13.1 Å². The zero-order chi connectivity index (χ0) is 8.27. The van der Waals surface area contributed by atoms with E-state index < -0.39 is 11.8 Å². The van der Waals surface area contributed by atoms with Crippen molar-refractivity contribution < 1.29 is 13.9 Å². The van der Waals surface area contributed by atoms with Gasteiger partial charge in [-0.15, -0.1) is 0 Å². The molecule has 0 spiro atoms. The summed E-state index contributed by atoms with van der Waals surface area (Å²) in [5.41, 5.74) is 0.622. The van der Waals surface area contributed by atoms with Crippen molar-refractivity contribution in [3.8, 4) is 0 Å². The lowest BCUT2D eigenvalue weighted by molar-refractivity contribution is -0.137. The summed E-state index contributed by atoms with van der Waals surface area (Å²) in [6.07, 6.45) is 3.39. The maximum Gasteiger partial charge on any atom is 0.366 e. The van der Waals surface area contributed by atoms with Crippen LogP contribution in [-0.2, 0) is 9.53 Å². The number of carbonyl (C=O) groups excluding carboxylic acids is 1. The van der Waals surface area contributed by atoms with Gasteiger partial charge in [0, 0.05) is 0 Å². The van der Waals surface area contributed by atoms with E-state index in [1.165, 1.54) is 7.11 Å². The van der Waals surface area contributed by atoms with Crippen LogP contribution in [0.25, 0.3) is 0 Å². The summed E-state index contributed by atoms with van der Waals surface area (Å²) in [5, 5.41) is 0. The van der Waals surface area contributed by atoms with Gasteiger partial charge in [-0.1, -0.05) is 0 Å². The molecule has 0 aromatic carbocycles. The maximum atomic E-state index is 12.9. The molecule has 0 heterocycles. The van der Waals surface area contributed by atoms with E-state index in [2.05, 4.69) is 4.74 Å². The second-order valence-electron chi connectivity index (χ2n) is 2.62. The molecule has 3 heteroatoms. The first-order valence-electron chi connectivity index (χ1n) is 3.71. The highest BCUT2D eigenvalue weighted by atomic mass is 19.1. The summed E-state index contributed by atoms with van der Waals surface area (Å²) in [4.78, 5) is 10.6. The lowest BCUT2D eigenvalue weighted by Crippen LogP contribution is -2.02. The van der Waals surface area contributed by atoms with Gasteiger partial charge in [0.25, 0.3) is 0 Å². The number of ether oxygens (including phenoxy) is 1. The largest absolute Gasteiger partial charge is 0.464 e. The third-order valence-electron chi connectivity index (χ3n) is 1.88. The van der Waals surface area contributed by atoms with Crippen LogP contribution < -0.4 is 0 Å². The molecule has 0 amide bonds. The molecule has 0 aromatic heterocycles. The zero-order valence-electron chi connectivity index (χ0n) is 6.52. The van der Waals surface area contributed by atoms with Crippen molar-refractivity contribution in [1.82, 2.24) is 0 Å². The molecular formula is C8H11FO2. The average molecular weight is 158 g/mol. The molecule has 0 radical (unpaired) electrons. The van der Waals surface area contributed by atoms with Crippen molar-refractivity contribution in [2.24, 2.45) is 0 Å². The van der Waals surface area contributed by atoms with E-state index in [9.17, 15) is 9.18 Å². The quantitative estimate of drug-likeness (QED) is 0.430. The Bertz CT molecular complexity index is 188. The molecule has 0 unspecified atom stereocenters. The van der Waals surface area contributed by atoms with E-state index in [4.69, 9.17) is 0 Å². The number of methoxy groups -OCH3 is 1. The average Bonchev–Trinajstić information content (AvgIpc) is 2.53. The molecule has 2 nitrogen and oxygen atoms in total. The molecule has 0 aromatic rings. The standard InChI is InChI=1S/C8H11FO2/c1-11-8(10)7(9)6-4-2-3-5-6/h2-5H2,1H3. The molecular weight excluding hydrogens is 147 g/mol. The van der Waals surface area contributed by atoms with Gasteiger partial charge in [-0.2, -0.15) is 4.39 Å². The lowest BCUT2D eigenvalue weighted by Gasteiger charge is -1.98. The highest BCUT2D eigenvalue weighted by Gasteiger charge is 2.18. The molecule has 1 saturated carbocycles. The van der Waals surface area contributed by atoms with Crippen LogP contribution in [0.2, 0.25) is 0 Å². The fraction of sp³-hybridized carbons (Fsp3) is 0.625. The Balaban J connectivity index is 2.69. The Morgan fingerprint density at radius 2 is 2.00 bits per heavy atom. The van der Waals surface area contributed by atoms with E-state index in [1.807, 2.05) is 0 Å². The van der Waals surface area contributed by atoms with Gasteiger partial charge in [-0.3, -0.25) is 0 Å². The second-order valence-corrected chi connectivity index (χ2v) is 2.62. The first-order chi connectivity index (χ1) is 5.25. The minimum Gasteiger partial charge on any atom is -0.464 e. The molecule has 0 atom stereocenters. The third kappa shape index (κ3) is 1.79. The normalized spacial score (nSPS) is 16.7. The van der Waals surface area contributed by atoms with Gasteiger partial charge in [0.2, 0.25) is 5.83 Å². The number of esters is 1. The van der Waals surface area contributed by atoms with Gasteiger partial charge in [0.05, 0.1) is 7.11 Å². The molecule has 1 rings (SSSR count). The smallest absolute Gasteiger partial charge is 0.366 e. The molecule has 62 valence electrons.